The second-order valence-electron chi connectivity index (χ2n) is 4.78. The largest absolute Gasteiger partial charge is 0.497 e. The summed E-state index contributed by atoms with van der Waals surface area (Å²) in [5.74, 6) is -0.601. The van der Waals surface area contributed by atoms with Gasteiger partial charge in [-0.05, 0) is 36.6 Å². The van der Waals surface area contributed by atoms with E-state index in [-0.39, 0.29) is 11.8 Å². The Kier molecular flexibility index (Phi) is 7.01. The van der Waals surface area contributed by atoms with Gasteiger partial charge in [-0.15, -0.1) is 0 Å². The smallest absolute Gasteiger partial charge is 0.306 e. The summed E-state index contributed by atoms with van der Waals surface area (Å²) in [7, 11) is 1.60. The highest BCUT2D eigenvalue weighted by atomic mass is 16.5. The van der Waals surface area contributed by atoms with Crippen LogP contribution in [0.3, 0.4) is 0 Å². The van der Waals surface area contributed by atoms with Crippen molar-refractivity contribution in [3.8, 4) is 5.75 Å². The SMILES string of the molecule is COc1ccc(/C=C/C(=O)NCCCC(C)C(=O)O)cc1. The highest BCUT2D eigenvalue weighted by Gasteiger charge is 2.09. The van der Waals surface area contributed by atoms with Crippen molar-refractivity contribution in [3.05, 3.63) is 35.9 Å². The first-order valence-corrected chi connectivity index (χ1v) is 6.85. The molecule has 0 aliphatic heterocycles. The molecule has 0 fully saturated rings. The van der Waals surface area contributed by atoms with Crippen molar-refractivity contribution in [2.24, 2.45) is 5.92 Å². The molecule has 0 saturated carbocycles. The average Bonchev–Trinajstić information content (AvgIpc) is 2.49. The van der Waals surface area contributed by atoms with Gasteiger partial charge < -0.3 is 15.2 Å². The summed E-state index contributed by atoms with van der Waals surface area (Å²) in [6.45, 7) is 2.14. The zero-order valence-electron chi connectivity index (χ0n) is 12.3. The third-order valence-electron chi connectivity index (χ3n) is 3.08. The number of aliphatic carboxylic acids is 1. The highest BCUT2D eigenvalue weighted by Crippen LogP contribution is 2.12. The molecule has 1 aromatic carbocycles. The van der Waals surface area contributed by atoms with Crippen molar-refractivity contribution in [1.29, 1.82) is 0 Å². The fraction of sp³-hybridized carbons (Fsp3) is 0.375. The lowest BCUT2D eigenvalue weighted by molar-refractivity contribution is -0.141. The number of methoxy groups -OCH3 is 1. The topological polar surface area (TPSA) is 75.6 Å². The number of carbonyl (C=O) groups excluding carboxylic acids is 1. The second kappa shape index (κ2) is 8.79. The minimum Gasteiger partial charge on any atom is -0.497 e. The summed E-state index contributed by atoms with van der Waals surface area (Å²) < 4.78 is 5.05. The van der Waals surface area contributed by atoms with E-state index in [9.17, 15) is 9.59 Å². The third kappa shape index (κ3) is 6.61. The van der Waals surface area contributed by atoms with Gasteiger partial charge in [0.05, 0.1) is 13.0 Å². The Morgan fingerprint density at radius 3 is 2.57 bits per heavy atom. The molecule has 0 spiro atoms. The van der Waals surface area contributed by atoms with Crippen LogP contribution >= 0.6 is 0 Å². The Labute approximate surface area is 124 Å². The average molecular weight is 291 g/mol. The summed E-state index contributed by atoms with van der Waals surface area (Å²) in [4.78, 5) is 22.2. The Bertz CT molecular complexity index is 494. The number of amides is 1. The fourth-order valence-electron chi connectivity index (χ4n) is 1.69. The maximum absolute atomic E-state index is 11.6. The number of carboxylic acid groups (broad SMARTS) is 1. The Morgan fingerprint density at radius 2 is 2.00 bits per heavy atom. The van der Waals surface area contributed by atoms with Crippen LogP contribution in [0.2, 0.25) is 0 Å². The molecule has 0 aromatic heterocycles. The van der Waals surface area contributed by atoms with Crippen molar-refractivity contribution in [1.82, 2.24) is 5.32 Å². The van der Waals surface area contributed by atoms with Crippen LogP contribution in [0.1, 0.15) is 25.3 Å². The minimum atomic E-state index is -0.805. The molecule has 1 atom stereocenters. The van der Waals surface area contributed by atoms with Gasteiger partial charge in [-0.1, -0.05) is 19.1 Å². The number of ether oxygens (including phenoxy) is 1. The maximum atomic E-state index is 11.6. The molecule has 1 rings (SSSR count). The van der Waals surface area contributed by atoms with E-state index in [1.54, 1.807) is 20.1 Å². The summed E-state index contributed by atoms with van der Waals surface area (Å²) in [6.07, 6.45) is 4.38. The first kappa shape index (κ1) is 16.8. The minimum absolute atomic E-state index is 0.186. The molecule has 0 saturated heterocycles. The van der Waals surface area contributed by atoms with Gasteiger partial charge in [-0.2, -0.15) is 0 Å². The number of hydrogen-bond acceptors (Lipinski definition) is 3. The lowest BCUT2D eigenvalue weighted by atomic mass is 10.1. The van der Waals surface area contributed by atoms with Crippen molar-refractivity contribution in [2.75, 3.05) is 13.7 Å². The summed E-state index contributed by atoms with van der Waals surface area (Å²) in [6, 6.07) is 7.37. The molecule has 1 aromatic rings. The van der Waals surface area contributed by atoms with E-state index in [1.807, 2.05) is 24.3 Å². The van der Waals surface area contributed by atoms with E-state index in [0.717, 1.165) is 11.3 Å². The molecule has 0 aliphatic carbocycles. The van der Waals surface area contributed by atoms with E-state index < -0.39 is 5.97 Å². The second-order valence-corrected chi connectivity index (χ2v) is 4.78. The maximum Gasteiger partial charge on any atom is 0.306 e. The predicted molar refractivity (Wildman–Crippen MR) is 81.1 cm³/mol. The number of carboxylic acids is 1. The van der Waals surface area contributed by atoms with Gasteiger partial charge in [0.2, 0.25) is 5.91 Å². The highest BCUT2D eigenvalue weighted by molar-refractivity contribution is 5.91. The molecule has 5 nitrogen and oxygen atoms in total. The lowest BCUT2D eigenvalue weighted by Gasteiger charge is -2.05. The van der Waals surface area contributed by atoms with Gasteiger partial charge in [0.25, 0.3) is 0 Å². The first-order valence-electron chi connectivity index (χ1n) is 6.85. The Hall–Kier alpha value is -2.30. The van der Waals surface area contributed by atoms with Gasteiger partial charge in [-0.3, -0.25) is 9.59 Å². The van der Waals surface area contributed by atoms with Crippen molar-refractivity contribution in [3.63, 3.8) is 0 Å². The molecular formula is C16H21NO4. The quantitative estimate of drug-likeness (QED) is 0.569. The number of rotatable bonds is 8. The molecule has 1 amide bonds. The summed E-state index contributed by atoms with van der Waals surface area (Å²) in [5, 5.41) is 11.5. The Morgan fingerprint density at radius 1 is 1.33 bits per heavy atom. The van der Waals surface area contributed by atoms with Crippen LogP contribution in [-0.4, -0.2) is 30.6 Å². The molecule has 0 radical (unpaired) electrons. The van der Waals surface area contributed by atoms with Gasteiger partial charge in [0.15, 0.2) is 0 Å². The van der Waals surface area contributed by atoms with E-state index in [4.69, 9.17) is 9.84 Å². The Balaban J connectivity index is 2.29. The lowest BCUT2D eigenvalue weighted by Crippen LogP contribution is -2.23. The van der Waals surface area contributed by atoms with Crippen LogP contribution in [0.15, 0.2) is 30.3 Å². The predicted octanol–water partition coefficient (Wildman–Crippen LogP) is 2.33. The number of carbonyl (C=O) groups is 2. The van der Waals surface area contributed by atoms with E-state index >= 15 is 0 Å². The zero-order chi connectivity index (χ0) is 15.7. The van der Waals surface area contributed by atoms with Gasteiger partial charge in [0, 0.05) is 12.6 Å². The fourth-order valence-corrected chi connectivity index (χ4v) is 1.69. The molecule has 1 unspecified atom stereocenters. The van der Waals surface area contributed by atoms with Gasteiger partial charge in [0.1, 0.15) is 5.75 Å². The molecule has 0 heterocycles. The molecule has 0 aliphatic rings. The van der Waals surface area contributed by atoms with Gasteiger partial charge >= 0.3 is 5.97 Å². The van der Waals surface area contributed by atoms with Crippen LogP contribution < -0.4 is 10.1 Å². The number of benzene rings is 1. The monoisotopic (exact) mass is 291 g/mol. The molecule has 5 heteroatoms. The molecule has 2 N–H and O–H groups in total. The third-order valence-corrected chi connectivity index (χ3v) is 3.08. The first-order chi connectivity index (χ1) is 10.0. The zero-order valence-corrected chi connectivity index (χ0v) is 12.3. The van der Waals surface area contributed by atoms with Crippen molar-refractivity contribution >= 4 is 18.0 Å². The van der Waals surface area contributed by atoms with Crippen LogP contribution in [0.4, 0.5) is 0 Å². The summed E-state index contributed by atoms with van der Waals surface area (Å²) >= 11 is 0. The summed E-state index contributed by atoms with van der Waals surface area (Å²) in [5.41, 5.74) is 0.908. The van der Waals surface area contributed by atoms with Crippen LogP contribution in [0, 0.1) is 5.92 Å². The number of hydrogen-bond donors (Lipinski definition) is 2. The van der Waals surface area contributed by atoms with E-state index in [1.165, 1.54) is 6.08 Å². The number of nitrogens with one attached hydrogen (secondary N) is 1. The van der Waals surface area contributed by atoms with Crippen LogP contribution in [-0.2, 0) is 9.59 Å². The van der Waals surface area contributed by atoms with E-state index in [0.29, 0.717) is 19.4 Å². The van der Waals surface area contributed by atoms with Crippen LogP contribution in [0.25, 0.3) is 6.08 Å². The molecular weight excluding hydrogens is 270 g/mol. The normalized spacial score (nSPS) is 12.1. The van der Waals surface area contributed by atoms with Crippen molar-refractivity contribution in [2.45, 2.75) is 19.8 Å². The molecule has 114 valence electrons. The van der Waals surface area contributed by atoms with Gasteiger partial charge in [-0.25, -0.2) is 0 Å². The van der Waals surface area contributed by atoms with Crippen LogP contribution in [0.5, 0.6) is 5.75 Å². The standard InChI is InChI=1S/C16H21NO4/c1-12(16(19)20)4-3-11-17-15(18)10-7-13-5-8-14(21-2)9-6-13/h5-10,12H,3-4,11H2,1-2H3,(H,17,18)(H,19,20)/b10-7+. The molecule has 21 heavy (non-hydrogen) atoms. The van der Waals surface area contributed by atoms with Crippen molar-refractivity contribution < 1.29 is 19.4 Å². The van der Waals surface area contributed by atoms with E-state index in [2.05, 4.69) is 5.32 Å². The molecule has 0 bridgehead atoms.